The number of carbonyl (C=O) groups excluding carboxylic acids is 1. The average Bonchev–Trinajstić information content (AvgIpc) is 2.08. The normalized spacial score (nSPS) is 11.3. The molecule has 1 atom stereocenters. The van der Waals surface area contributed by atoms with E-state index in [2.05, 4.69) is 6.92 Å². The van der Waals surface area contributed by atoms with Crippen molar-refractivity contribution < 1.29 is 4.79 Å². The molecule has 0 radical (unpaired) electrons. The molecule has 0 aromatic rings. The second kappa shape index (κ2) is 10.5. The maximum Gasteiger partial charge on any atom is 0.220 e. The van der Waals surface area contributed by atoms with Crippen molar-refractivity contribution in [3.05, 3.63) is 0 Å². The molecule has 0 aliphatic rings. The van der Waals surface area contributed by atoms with Crippen molar-refractivity contribution in [2.75, 3.05) is 0 Å². The quantitative estimate of drug-likeness (QED) is 0.638. The van der Waals surface area contributed by atoms with Crippen LogP contribution in [0.5, 0.6) is 0 Å². The van der Waals surface area contributed by atoms with Gasteiger partial charge in [0, 0.05) is 5.92 Å². The number of unbranched alkanes of at least 4 members (excludes halogenated alkanes) is 2. The summed E-state index contributed by atoms with van der Waals surface area (Å²) < 4.78 is 0. The van der Waals surface area contributed by atoms with Crippen molar-refractivity contribution in [1.29, 1.82) is 0 Å². The van der Waals surface area contributed by atoms with E-state index in [0.29, 0.717) is 0 Å². The molecule has 0 bridgehead atoms. The highest BCUT2D eigenvalue weighted by Gasteiger charge is 2.06. The van der Waals surface area contributed by atoms with Crippen LogP contribution in [0.1, 0.15) is 53.4 Å². The maximum absolute atomic E-state index is 10.5. The van der Waals surface area contributed by atoms with Crippen LogP contribution in [-0.4, -0.2) is 5.91 Å². The van der Waals surface area contributed by atoms with Crippen LogP contribution < -0.4 is 5.73 Å². The van der Waals surface area contributed by atoms with Crippen molar-refractivity contribution in [3.63, 3.8) is 0 Å². The number of rotatable bonds is 5. The zero-order valence-corrected chi connectivity index (χ0v) is 8.89. The van der Waals surface area contributed by atoms with Crippen LogP contribution >= 0.6 is 0 Å². The van der Waals surface area contributed by atoms with Gasteiger partial charge in [0.25, 0.3) is 0 Å². The van der Waals surface area contributed by atoms with E-state index < -0.39 is 0 Å². The lowest BCUT2D eigenvalue weighted by Crippen LogP contribution is -2.20. The number of hydrogen-bond donors (Lipinski definition) is 1. The molecule has 0 rings (SSSR count). The van der Waals surface area contributed by atoms with E-state index in [-0.39, 0.29) is 11.8 Å². The van der Waals surface area contributed by atoms with Crippen LogP contribution in [0.25, 0.3) is 0 Å². The molecule has 0 aliphatic heterocycles. The van der Waals surface area contributed by atoms with Gasteiger partial charge >= 0.3 is 0 Å². The van der Waals surface area contributed by atoms with Gasteiger partial charge in [-0.05, 0) is 6.42 Å². The second-order valence-corrected chi connectivity index (χ2v) is 2.80. The van der Waals surface area contributed by atoms with Gasteiger partial charge in [-0.3, -0.25) is 4.79 Å². The molecule has 0 saturated carbocycles. The number of primary amides is 1. The Morgan fingerprint density at radius 3 is 2.17 bits per heavy atom. The van der Waals surface area contributed by atoms with Crippen molar-refractivity contribution >= 4 is 5.91 Å². The van der Waals surface area contributed by atoms with Crippen molar-refractivity contribution in [1.82, 2.24) is 0 Å². The SMILES string of the molecule is CC.CCCCCC(C)C(N)=O. The average molecular weight is 173 g/mol. The van der Waals surface area contributed by atoms with E-state index >= 15 is 0 Å². The van der Waals surface area contributed by atoms with Crippen LogP contribution in [-0.2, 0) is 4.79 Å². The molecule has 74 valence electrons. The highest BCUT2D eigenvalue weighted by atomic mass is 16.1. The highest BCUT2D eigenvalue weighted by molar-refractivity contribution is 5.76. The summed E-state index contributed by atoms with van der Waals surface area (Å²) in [6.07, 6.45) is 4.48. The lowest BCUT2D eigenvalue weighted by Gasteiger charge is -2.04. The fourth-order valence-electron chi connectivity index (χ4n) is 0.843. The zero-order valence-electron chi connectivity index (χ0n) is 8.89. The Morgan fingerprint density at radius 1 is 1.33 bits per heavy atom. The summed E-state index contributed by atoms with van der Waals surface area (Å²) >= 11 is 0. The predicted octanol–water partition coefficient (Wildman–Crippen LogP) is 2.71. The third-order valence-corrected chi connectivity index (χ3v) is 1.73. The van der Waals surface area contributed by atoms with Crippen molar-refractivity contribution in [2.45, 2.75) is 53.4 Å². The molecule has 12 heavy (non-hydrogen) atoms. The molecule has 0 aromatic carbocycles. The molecular weight excluding hydrogens is 150 g/mol. The first kappa shape index (κ1) is 14.0. The van der Waals surface area contributed by atoms with E-state index in [9.17, 15) is 4.79 Å². The van der Waals surface area contributed by atoms with Crippen LogP contribution in [0.3, 0.4) is 0 Å². The third kappa shape index (κ3) is 9.47. The van der Waals surface area contributed by atoms with Gasteiger partial charge in [0.2, 0.25) is 5.91 Å². The molecule has 2 heteroatoms. The van der Waals surface area contributed by atoms with Gasteiger partial charge in [-0.15, -0.1) is 0 Å². The molecule has 0 spiro atoms. The Morgan fingerprint density at radius 2 is 1.83 bits per heavy atom. The highest BCUT2D eigenvalue weighted by Crippen LogP contribution is 2.07. The number of amides is 1. The van der Waals surface area contributed by atoms with Gasteiger partial charge in [0.05, 0.1) is 0 Å². The van der Waals surface area contributed by atoms with Crippen LogP contribution in [0.4, 0.5) is 0 Å². The van der Waals surface area contributed by atoms with Crippen LogP contribution in [0.15, 0.2) is 0 Å². The molecular formula is C10H23NO. The first-order valence-corrected chi connectivity index (χ1v) is 4.97. The van der Waals surface area contributed by atoms with Gasteiger partial charge in [-0.25, -0.2) is 0 Å². The molecule has 2 nitrogen and oxygen atoms in total. The second-order valence-electron chi connectivity index (χ2n) is 2.80. The summed E-state index contributed by atoms with van der Waals surface area (Å²) in [6, 6.07) is 0. The van der Waals surface area contributed by atoms with E-state index in [4.69, 9.17) is 5.73 Å². The summed E-state index contributed by atoms with van der Waals surface area (Å²) in [5, 5.41) is 0. The topological polar surface area (TPSA) is 43.1 Å². The number of hydrogen-bond acceptors (Lipinski definition) is 1. The molecule has 1 amide bonds. The van der Waals surface area contributed by atoms with Gasteiger partial charge in [-0.2, -0.15) is 0 Å². The minimum absolute atomic E-state index is 0.0616. The fourth-order valence-corrected chi connectivity index (χ4v) is 0.843. The third-order valence-electron chi connectivity index (χ3n) is 1.73. The Bertz CT molecular complexity index is 102. The van der Waals surface area contributed by atoms with Gasteiger partial charge in [0.15, 0.2) is 0 Å². The first-order valence-electron chi connectivity index (χ1n) is 4.97. The lowest BCUT2D eigenvalue weighted by atomic mass is 10.0. The van der Waals surface area contributed by atoms with Gasteiger partial charge in [-0.1, -0.05) is 47.0 Å². The van der Waals surface area contributed by atoms with Gasteiger partial charge in [0.1, 0.15) is 0 Å². The molecule has 2 N–H and O–H groups in total. The molecule has 0 aliphatic carbocycles. The van der Waals surface area contributed by atoms with Crippen LogP contribution in [0.2, 0.25) is 0 Å². The fraction of sp³-hybridized carbons (Fsp3) is 0.900. The predicted molar refractivity (Wildman–Crippen MR) is 53.8 cm³/mol. The summed E-state index contributed by atoms with van der Waals surface area (Å²) in [5.74, 6) is -0.109. The molecule has 0 saturated heterocycles. The zero-order chi connectivity index (χ0) is 9.98. The molecule has 0 fully saturated rings. The van der Waals surface area contributed by atoms with Crippen LogP contribution in [0, 0.1) is 5.92 Å². The minimum Gasteiger partial charge on any atom is -0.369 e. The van der Waals surface area contributed by atoms with E-state index in [1.807, 2.05) is 20.8 Å². The standard InChI is InChI=1S/C8H17NO.C2H6/c1-3-4-5-6-7(2)8(9)10;1-2/h7H,3-6H2,1-2H3,(H2,9,10);1-2H3. The monoisotopic (exact) mass is 173 g/mol. The Balaban J connectivity index is 0. The van der Waals surface area contributed by atoms with Crippen molar-refractivity contribution in [3.8, 4) is 0 Å². The number of nitrogens with two attached hydrogens (primary N) is 1. The van der Waals surface area contributed by atoms with E-state index in [0.717, 1.165) is 12.8 Å². The number of carbonyl (C=O) groups is 1. The molecule has 0 aromatic heterocycles. The summed E-state index contributed by atoms with van der Waals surface area (Å²) in [4.78, 5) is 10.5. The Hall–Kier alpha value is -0.530. The van der Waals surface area contributed by atoms with E-state index in [1.165, 1.54) is 12.8 Å². The summed E-state index contributed by atoms with van der Waals surface area (Å²) in [7, 11) is 0. The molecule has 1 unspecified atom stereocenters. The maximum atomic E-state index is 10.5. The Kier molecular flexibility index (Phi) is 12.2. The van der Waals surface area contributed by atoms with Crippen molar-refractivity contribution in [2.24, 2.45) is 11.7 Å². The smallest absolute Gasteiger partial charge is 0.220 e. The van der Waals surface area contributed by atoms with Gasteiger partial charge < -0.3 is 5.73 Å². The summed E-state index contributed by atoms with van der Waals surface area (Å²) in [6.45, 7) is 8.03. The van der Waals surface area contributed by atoms with E-state index in [1.54, 1.807) is 0 Å². The molecule has 0 heterocycles. The largest absolute Gasteiger partial charge is 0.369 e. The first-order chi connectivity index (χ1) is 5.68. The summed E-state index contributed by atoms with van der Waals surface area (Å²) in [5.41, 5.74) is 5.08. The lowest BCUT2D eigenvalue weighted by molar-refractivity contribution is -0.121. The minimum atomic E-state index is -0.170. The Labute approximate surface area is 76.5 Å².